The molecule has 460 valence electrons. The van der Waals surface area contributed by atoms with Gasteiger partial charge in [-0.1, -0.05) is 287 Å². The largest absolute Gasteiger partial charge is 0.490 e. The second-order valence-corrected chi connectivity index (χ2v) is 24.8. The lowest BCUT2D eigenvalue weighted by Crippen LogP contribution is -2.25. The fourth-order valence-electron chi connectivity index (χ4n) is 10.9. The van der Waals surface area contributed by atoms with Crippen molar-refractivity contribution in [3.8, 4) is 34.5 Å². The molecule has 8 heteroatoms. The van der Waals surface area contributed by atoms with Crippen molar-refractivity contribution in [1.29, 1.82) is 0 Å². The summed E-state index contributed by atoms with van der Waals surface area (Å²) < 4.78 is 40.5. The normalized spacial score (nSPS) is 12.2. The van der Waals surface area contributed by atoms with E-state index in [1.807, 2.05) is 0 Å². The van der Waals surface area contributed by atoms with Crippen molar-refractivity contribution in [2.75, 3.05) is 39.6 Å². The zero-order valence-electron chi connectivity index (χ0n) is 53.5. The summed E-state index contributed by atoms with van der Waals surface area (Å²) in [7, 11) is 0. The molecule has 0 aliphatic heterocycles. The van der Waals surface area contributed by atoms with Crippen LogP contribution in [0.4, 0.5) is 0 Å². The van der Waals surface area contributed by atoms with Gasteiger partial charge in [0.25, 0.3) is 0 Å². The third kappa shape index (κ3) is 29.7. The van der Waals surface area contributed by atoms with E-state index in [0.717, 1.165) is 64.2 Å². The van der Waals surface area contributed by atoms with Crippen molar-refractivity contribution >= 4 is 11.6 Å². The molecule has 0 amide bonds. The van der Waals surface area contributed by atoms with Gasteiger partial charge in [-0.3, -0.25) is 9.59 Å². The van der Waals surface area contributed by atoms with E-state index in [1.54, 1.807) is 12.1 Å². The van der Waals surface area contributed by atoms with Gasteiger partial charge >= 0.3 is 0 Å². The number of unbranched alkanes of at least 4 members (excludes halogenated alkanes) is 36. The van der Waals surface area contributed by atoms with Crippen LogP contribution in [0.15, 0.2) is 12.1 Å². The molecule has 2 aromatic rings. The van der Waals surface area contributed by atoms with Crippen LogP contribution in [0.2, 0.25) is 0 Å². The number of hydrogen-bond acceptors (Lipinski definition) is 8. The topological polar surface area (TPSA) is 89.5 Å². The Kier molecular flexibility index (Phi) is 41.6. The van der Waals surface area contributed by atoms with Crippen LogP contribution >= 0.6 is 0 Å². The lowest BCUT2D eigenvalue weighted by atomic mass is 9.82. The number of ketones is 2. The summed E-state index contributed by atoms with van der Waals surface area (Å²) in [5, 5.41) is 0. The van der Waals surface area contributed by atoms with Crippen molar-refractivity contribution in [2.45, 2.75) is 325 Å². The van der Waals surface area contributed by atoms with E-state index in [-0.39, 0.29) is 33.8 Å². The molecule has 0 saturated carbocycles. The van der Waals surface area contributed by atoms with Crippen molar-refractivity contribution in [3.05, 3.63) is 34.4 Å². The summed E-state index contributed by atoms with van der Waals surface area (Å²) in [4.78, 5) is 31.2. The number of benzene rings is 2. The highest BCUT2D eigenvalue weighted by molar-refractivity contribution is 6.31. The van der Waals surface area contributed by atoms with Crippen molar-refractivity contribution in [3.63, 3.8) is 0 Å². The summed E-state index contributed by atoms with van der Waals surface area (Å²) in [5.41, 5.74) is 1.01. The second-order valence-electron chi connectivity index (χ2n) is 24.8. The molecule has 0 heterocycles. The average molecular weight is 1120 g/mol. The zero-order valence-corrected chi connectivity index (χ0v) is 53.5. The lowest BCUT2D eigenvalue weighted by Gasteiger charge is -2.28. The molecule has 1 aliphatic rings. The Labute approximate surface area is 492 Å². The van der Waals surface area contributed by atoms with Crippen LogP contribution in [0.25, 0.3) is 0 Å². The molecule has 8 nitrogen and oxygen atoms in total. The van der Waals surface area contributed by atoms with Crippen LogP contribution in [-0.2, 0) is 0 Å². The number of fused-ring (bicyclic) bond motifs is 2. The van der Waals surface area contributed by atoms with E-state index in [4.69, 9.17) is 28.4 Å². The fraction of sp³-hybridized carbons (Fsp3) is 0.806. The highest BCUT2D eigenvalue weighted by atomic mass is 16.5. The first-order valence-electron chi connectivity index (χ1n) is 34.5. The van der Waals surface area contributed by atoms with Gasteiger partial charge in [-0.05, 0) is 62.5 Å². The maximum absolute atomic E-state index is 15.6. The van der Waals surface area contributed by atoms with Crippen molar-refractivity contribution < 1.29 is 38.0 Å². The van der Waals surface area contributed by atoms with Gasteiger partial charge in [0, 0.05) is 11.1 Å². The third-order valence-electron chi connectivity index (χ3n) is 16.2. The highest BCUT2D eigenvalue weighted by Crippen LogP contribution is 2.51. The quantitative estimate of drug-likeness (QED) is 0.0517. The van der Waals surface area contributed by atoms with Gasteiger partial charge in [-0.15, -0.1) is 0 Å². The summed E-state index contributed by atoms with van der Waals surface area (Å²) in [6, 6.07) is 3.55. The molecule has 0 unspecified atom stereocenters. The maximum atomic E-state index is 15.6. The third-order valence-corrected chi connectivity index (χ3v) is 16.2. The van der Waals surface area contributed by atoms with E-state index >= 15 is 9.59 Å². The Hall–Kier alpha value is -3.42. The Morgan fingerprint density at radius 2 is 0.487 bits per heavy atom. The van der Waals surface area contributed by atoms with Gasteiger partial charge in [0.2, 0.25) is 11.5 Å². The molecular formula is C72H124O8. The van der Waals surface area contributed by atoms with E-state index in [2.05, 4.69) is 55.4 Å². The minimum absolute atomic E-state index is 0.239. The number of rotatable bonds is 56. The first kappa shape index (κ1) is 70.8. The molecule has 0 radical (unpaired) electrons. The standard InChI is InChI=1S/C72H124O8/c1-9-13-17-21-25-29-33-37-41-45-51-75-63-57-61-65(71(79-55-49-59(5)6)69(63)77-53-47-43-39-35-31-27-23-19-15-11-3)68(74)62-58-64(76-52-46-42-38-34-30-26-22-18-14-10-2)70(72(66(62)67(61)73)80-56-50-60(7)8)78-54-48-44-40-36-32-28-24-20-16-12-4/h57-60H,9-56H2,1-8H3. The van der Waals surface area contributed by atoms with Crippen LogP contribution in [-0.4, -0.2) is 51.2 Å². The molecule has 0 fully saturated rings. The average Bonchev–Trinajstić information content (AvgIpc) is 3.60. The molecule has 2 aromatic carbocycles. The molecule has 1 aliphatic carbocycles. The Morgan fingerprint density at radius 3 is 0.725 bits per heavy atom. The van der Waals surface area contributed by atoms with E-state index in [1.165, 1.54) is 205 Å². The van der Waals surface area contributed by atoms with Crippen LogP contribution in [0.3, 0.4) is 0 Å². The second kappa shape index (κ2) is 47.0. The number of ether oxygens (including phenoxy) is 6. The van der Waals surface area contributed by atoms with Crippen LogP contribution in [0.1, 0.15) is 357 Å². The smallest absolute Gasteiger partial charge is 0.204 e. The Balaban J connectivity index is 2.03. The van der Waals surface area contributed by atoms with Crippen LogP contribution in [0, 0.1) is 11.8 Å². The van der Waals surface area contributed by atoms with Crippen LogP contribution < -0.4 is 28.4 Å². The molecule has 3 rings (SSSR count). The number of hydrogen-bond donors (Lipinski definition) is 0. The predicted octanol–water partition coefficient (Wildman–Crippen LogP) is 22.5. The molecule has 0 saturated heterocycles. The Bertz CT molecular complexity index is 1730. The maximum Gasteiger partial charge on any atom is 0.204 e. The van der Waals surface area contributed by atoms with Crippen molar-refractivity contribution in [2.24, 2.45) is 11.8 Å². The van der Waals surface area contributed by atoms with Gasteiger partial charge in [0.05, 0.1) is 50.8 Å². The summed E-state index contributed by atoms with van der Waals surface area (Å²) >= 11 is 0. The van der Waals surface area contributed by atoms with E-state index in [0.29, 0.717) is 86.0 Å². The Morgan fingerprint density at radius 1 is 0.275 bits per heavy atom. The van der Waals surface area contributed by atoms with E-state index in [9.17, 15) is 0 Å². The summed E-state index contributed by atoms with van der Waals surface area (Å²) in [6.45, 7) is 20.4. The molecule has 0 N–H and O–H groups in total. The summed E-state index contributed by atoms with van der Waals surface area (Å²) in [5.74, 6) is 2.58. The molecule has 0 atom stereocenters. The van der Waals surface area contributed by atoms with Crippen molar-refractivity contribution in [1.82, 2.24) is 0 Å². The number of carbonyl (C=O) groups excluding carboxylic acids is 2. The van der Waals surface area contributed by atoms with Crippen LogP contribution in [0.5, 0.6) is 34.5 Å². The minimum atomic E-state index is -0.294. The zero-order chi connectivity index (χ0) is 57.7. The first-order chi connectivity index (χ1) is 39.2. The highest BCUT2D eigenvalue weighted by Gasteiger charge is 2.41. The van der Waals surface area contributed by atoms with Gasteiger partial charge in [0.15, 0.2) is 34.6 Å². The van der Waals surface area contributed by atoms with Gasteiger partial charge in [-0.2, -0.15) is 0 Å². The number of carbonyl (C=O) groups is 2. The lowest BCUT2D eigenvalue weighted by molar-refractivity contribution is 0.0968. The van der Waals surface area contributed by atoms with Gasteiger partial charge < -0.3 is 28.4 Å². The monoisotopic (exact) mass is 1120 g/mol. The fourth-order valence-corrected chi connectivity index (χ4v) is 10.9. The summed E-state index contributed by atoms with van der Waals surface area (Å²) in [6.07, 6.45) is 50.5. The SMILES string of the molecule is CCCCCCCCCCCCOc1cc2c(c(OCCC(C)C)c1OCCCCCCCCCCCC)C(=O)c1cc(OCCCCCCCCCCCC)c(OCCCCCCCCCCCC)c(OCCC(C)C)c1C2=O. The van der Waals surface area contributed by atoms with Gasteiger partial charge in [0.1, 0.15) is 0 Å². The minimum Gasteiger partial charge on any atom is -0.490 e. The molecule has 0 aromatic heterocycles. The molecule has 0 bridgehead atoms. The molecular weight excluding hydrogens is 993 g/mol. The first-order valence-corrected chi connectivity index (χ1v) is 34.5. The van der Waals surface area contributed by atoms with E-state index < -0.39 is 0 Å². The molecule has 0 spiro atoms. The molecule has 80 heavy (non-hydrogen) atoms. The van der Waals surface area contributed by atoms with Gasteiger partial charge in [-0.25, -0.2) is 0 Å². The predicted molar refractivity (Wildman–Crippen MR) is 339 cm³/mol.